The largest absolute Gasteiger partial charge is 0.548 e. The van der Waals surface area contributed by atoms with Crippen molar-refractivity contribution in [1.29, 1.82) is 0 Å². The lowest BCUT2D eigenvalue weighted by atomic mass is 10.3. The predicted molar refractivity (Wildman–Crippen MR) is 111 cm³/mol. The minimum Gasteiger partial charge on any atom is -0.548 e. The Morgan fingerprint density at radius 1 is 1.14 bits per heavy atom. The van der Waals surface area contributed by atoms with Crippen molar-refractivity contribution >= 4 is 57.0 Å². The molecule has 2 heterocycles. The van der Waals surface area contributed by atoms with E-state index >= 15 is 0 Å². The molecule has 0 atom stereocenters. The quantitative estimate of drug-likeness (QED) is 0.612. The third kappa shape index (κ3) is 4.03. The van der Waals surface area contributed by atoms with E-state index in [0.29, 0.717) is 0 Å². The van der Waals surface area contributed by atoms with Crippen LogP contribution in [0, 0.1) is 0 Å². The number of allylic oxidation sites excluding steroid dienone is 2. The average Bonchev–Trinajstić information content (AvgIpc) is 3.20. The van der Waals surface area contributed by atoms with Crippen molar-refractivity contribution < 1.29 is 24.4 Å². The Morgan fingerprint density at radius 2 is 1.90 bits per heavy atom. The Labute approximate surface area is 175 Å². The number of aromatic nitrogens is 1. The molecule has 0 amide bonds. The average molecular weight is 425 g/mol. The molecule has 4 rings (SSSR count). The zero-order valence-corrected chi connectivity index (χ0v) is 16.8. The number of para-hydroxylation sites is 2. The lowest BCUT2D eigenvalue weighted by molar-refractivity contribution is -0.657. The zero-order chi connectivity index (χ0) is 20.4. The topological polar surface area (TPSA) is 84.5 Å². The van der Waals surface area contributed by atoms with Crippen LogP contribution < -0.4 is 14.6 Å². The summed E-state index contributed by atoms with van der Waals surface area (Å²) in [5.74, 6) is -2.06. The molecular weight excluding hydrogens is 408 g/mol. The van der Waals surface area contributed by atoms with Crippen LogP contribution in [0.1, 0.15) is 5.01 Å². The van der Waals surface area contributed by atoms with Crippen LogP contribution in [0.15, 0.2) is 70.6 Å². The number of nitrogens with zero attached hydrogens (tertiary/aromatic N) is 2. The first-order chi connectivity index (χ1) is 14.0. The van der Waals surface area contributed by atoms with Gasteiger partial charge in [-0.3, -0.25) is 0 Å². The van der Waals surface area contributed by atoms with Crippen LogP contribution in [-0.4, -0.2) is 23.6 Å². The fraction of sp³-hybridized carbons (Fsp3) is 0.0952. The number of carbonyl (C=O) groups is 2. The summed E-state index contributed by atoms with van der Waals surface area (Å²) < 4.78 is 2.76. The molecule has 0 spiro atoms. The fourth-order valence-electron chi connectivity index (χ4n) is 3.16. The molecule has 3 aromatic rings. The van der Waals surface area contributed by atoms with E-state index in [1.165, 1.54) is 23.1 Å². The molecule has 1 aliphatic heterocycles. The highest BCUT2D eigenvalue weighted by Crippen LogP contribution is 2.45. The van der Waals surface area contributed by atoms with Gasteiger partial charge in [0.05, 0.1) is 23.2 Å². The van der Waals surface area contributed by atoms with Gasteiger partial charge in [-0.15, -0.1) is 0 Å². The molecule has 0 saturated heterocycles. The van der Waals surface area contributed by atoms with Gasteiger partial charge >= 0.3 is 5.97 Å². The van der Waals surface area contributed by atoms with Crippen molar-refractivity contribution in [1.82, 2.24) is 0 Å². The molecule has 29 heavy (non-hydrogen) atoms. The number of rotatable bonds is 6. The van der Waals surface area contributed by atoms with E-state index in [-0.39, 0.29) is 13.1 Å². The van der Waals surface area contributed by atoms with Gasteiger partial charge in [-0.25, -0.2) is 4.79 Å². The highest BCUT2D eigenvalue weighted by atomic mass is 32.2. The maximum Gasteiger partial charge on any atom is 0.370 e. The monoisotopic (exact) mass is 424 g/mol. The number of carboxylic acid groups (broad SMARTS) is 2. The number of fused-ring (bicyclic) bond motifs is 2. The van der Waals surface area contributed by atoms with Crippen LogP contribution in [0.25, 0.3) is 16.3 Å². The first-order valence-corrected chi connectivity index (χ1v) is 10.4. The maximum absolute atomic E-state index is 11.3. The van der Waals surface area contributed by atoms with Gasteiger partial charge in [0.1, 0.15) is 4.70 Å². The third-order valence-corrected chi connectivity index (χ3v) is 6.59. The number of aliphatic carboxylic acids is 2. The lowest BCUT2D eigenvalue weighted by Crippen LogP contribution is -2.39. The van der Waals surface area contributed by atoms with Crippen LogP contribution in [0.5, 0.6) is 0 Å². The lowest BCUT2D eigenvalue weighted by Gasteiger charge is -2.20. The van der Waals surface area contributed by atoms with Crippen molar-refractivity contribution in [3.05, 3.63) is 70.7 Å². The van der Waals surface area contributed by atoms with Crippen LogP contribution in [-0.2, 0) is 16.1 Å². The van der Waals surface area contributed by atoms with Gasteiger partial charge < -0.3 is 19.9 Å². The summed E-state index contributed by atoms with van der Waals surface area (Å²) in [7, 11) is 0. The Balaban J connectivity index is 1.67. The molecule has 2 aromatic carbocycles. The molecule has 0 unspecified atom stereocenters. The first kappa shape index (κ1) is 19.2. The molecule has 1 aliphatic rings. The predicted octanol–water partition coefficient (Wildman–Crippen LogP) is 2.49. The molecule has 1 N–H and O–H groups in total. The van der Waals surface area contributed by atoms with E-state index in [4.69, 9.17) is 0 Å². The number of thiazole rings is 1. The molecule has 0 saturated carbocycles. The number of carbonyl (C=O) groups excluding carboxylic acids is 1. The van der Waals surface area contributed by atoms with Crippen LogP contribution >= 0.6 is 23.1 Å². The van der Waals surface area contributed by atoms with Crippen LogP contribution in [0.2, 0.25) is 0 Å². The summed E-state index contributed by atoms with van der Waals surface area (Å²) in [4.78, 5) is 25.2. The number of benzene rings is 2. The van der Waals surface area contributed by atoms with E-state index in [9.17, 15) is 19.8 Å². The van der Waals surface area contributed by atoms with E-state index < -0.39 is 11.9 Å². The summed E-state index contributed by atoms with van der Waals surface area (Å²) >= 11 is 2.99. The number of carboxylic acids is 2. The number of hydrogen-bond donors (Lipinski definition) is 1. The zero-order valence-electron chi connectivity index (χ0n) is 15.1. The number of hydrogen-bond acceptors (Lipinski definition) is 6. The standard InChI is InChI=1S/C21H16N2O4S2/c24-20(25)12-22-14-6-1-3-8-16(14)28-18(22)10-5-11-19-23(13-21(26)27)15-7-2-4-9-17(15)29-19/h1-11H,12-13H2,(H-,24,25,26,27). The van der Waals surface area contributed by atoms with Crippen molar-refractivity contribution in [2.24, 2.45) is 0 Å². The van der Waals surface area contributed by atoms with E-state index in [2.05, 4.69) is 0 Å². The van der Waals surface area contributed by atoms with Crippen LogP contribution in [0.4, 0.5) is 5.69 Å². The second kappa shape index (κ2) is 8.10. The number of thioether (sulfide) groups is 1. The molecule has 0 fully saturated rings. The highest BCUT2D eigenvalue weighted by molar-refractivity contribution is 8.03. The maximum atomic E-state index is 11.3. The molecule has 8 heteroatoms. The van der Waals surface area contributed by atoms with Crippen molar-refractivity contribution in [3.8, 4) is 0 Å². The summed E-state index contributed by atoms with van der Waals surface area (Å²) in [6.07, 6.45) is 5.50. The van der Waals surface area contributed by atoms with Crippen molar-refractivity contribution in [2.75, 3.05) is 11.4 Å². The highest BCUT2D eigenvalue weighted by Gasteiger charge is 2.24. The molecule has 1 aromatic heterocycles. The van der Waals surface area contributed by atoms with E-state index in [1.807, 2.05) is 66.8 Å². The van der Waals surface area contributed by atoms with Gasteiger partial charge in [0.2, 0.25) is 12.1 Å². The fourth-order valence-corrected chi connectivity index (χ4v) is 5.31. The summed E-state index contributed by atoms with van der Waals surface area (Å²) in [6, 6.07) is 15.3. The van der Waals surface area contributed by atoms with Crippen molar-refractivity contribution in [3.63, 3.8) is 0 Å². The normalized spacial score (nSPS) is 14.8. The van der Waals surface area contributed by atoms with Gasteiger partial charge in [-0.1, -0.05) is 53.4 Å². The summed E-state index contributed by atoms with van der Waals surface area (Å²) in [5.41, 5.74) is 1.71. The Bertz CT molecular complexity index is 1170. The minimum absolute atomic E-state index is 0.128. The third-order valence-electron chi connectivity index (χ3n) is 4.33. The second-order valence-corrected chi connectivity index (χ2v) is 8.40. The second-order valence-electron chi connectivity index (χ2n) is 6.28. The molecule has 146 valence electrons. The van der Waals surface area contributed by atoms with Gasteiger partial charge in [0.25, 0.3) is 5.01 Å². The molecule has 0 radical (unpaired) electrons. The molecule has 0 bridgehead atoms. The summed E-state index contributed by atoms with van der Waals surface area (Å²) in [6.45, 7) is -0.358. The van der Waals surface area contributed by atoms with Gasteiger partial charge in [-0.2, -0.15) is 4.57 Å². The molecule has 0 aliphatic carbocycles. The Morgan fingerprint density at radius 3 is 2.69 bits per heavy atom. The SMILES string of the molecule is O=C([O-])CN1/C(=C\C=C\c2sc3ccccc3[n+]2CC(=O)O)Sc2ccccc21. The van der Waals surface area contributed by atoms with E-state index in [1.54, 1.807) is 9.47 Å². The van der Waals surface area contributed by atoms with Gasteiger partial charge in [0.15, 0.2) is 0 Å². The smallest absolute Gasteiger partial charge is 0.370 e. The molecular formula is C21H16N2O4S2. The molecule has 6 nitrogen and oxygen atoms in total. The van der Waals surface area contributed by atoms with E-state index in [0.717, 1.165) is 30.8 Å². The van der Waals surface area contributed by atoms with Gasteiger partial charge in [-0.05, 0) is 24.3 Å². The Hall–Kier alpha value is -3.10. The number of anilines is 1. The van der Waals surface area contributed by atoms with Gasteiger partial charge in [0, 0.05) is 17.0 Å². The summed E-state index contributed by atoms with van der Waals surface area (Å²) in [5, 5.41) is 22.0. The minimum atomic E-state index is -1.15. The first-order valence-electron chi connectivity index (χ1n) is 8.79. The van der Waals surface area contributed by atoms with Crippen LogP contribution in [0.3, 0.4) is 0 Å². The van der Waals surface area contributed by atoms with Crippen molar-refractivity contribution in [2.45, 2.75) is 11.4 Å². The Kier molecular flexibility index (Phi) is 5.37.